The number of unbranched alkanes of at least 4 members (excludes halogenated alkanes) is 4. The Morgan fingerprint density at radius 2 is 1.64 bits per heavy atom. The third kappa shape index (κ3) is 11.3. The highest BCUT2D eigenvalue weighted by atomic mass is 16.6. The highest BCUT2D eigenvalue weighted by Gasteiger charge is 2.38. The summed E-state index contributed by atoms with van der Waals surface area (Å²) in [5.74, 6) is -1.74. The van der Waals surface area contributed by atoms with Crippen molar-refractivity contribution in [3.8, 4) is 0 Å². The lowest BCUT2D eigenvalue weighted by molar-refractivity contribution is -0.145. The molecule has 0 saturated heterocycles. The van der Waals surface area contributed by atoms with Crippen LogP contribution in [0.4, 0.5) is 4.79 Å². The Hall–Kier alpha value is -3.10. The van der Waals surface area contributed by atoms with Gasteiger partial charge in [-0.25, -0.2) is 4.79 Å². The summed E-state index contributed by atoms with van der Waals surface area (Å²) >= 11 is 0. The summed E-state index contributed by atoms with van der Waals surface area (Å²) in [5.41, 5.74) is 1.78. The zero-order valence-electron chi connectivity index (χ0n) is 25.3. The van der Waals surface area contributed by atoms with E-state index in [-0.39, 0.29) is 18.4 Å². The zero-order chi connectivity index (χ0) is 29.8. The van der Waals surface area contributed by atoms with Crippen LogP contribution in [0.5, 0.6) is 0 Å². The number of esters is 1. The van der Waals surface area contributed by atoms with Crippen LogP contribution in [-0.4, -0.2) is 60.6 Å². The Kier molecular flexibility index (Phi) is 14.0. The number of hydrogen-bond acceptors (Lipinski definition) is 6. The van der Waals surface area contributed by atoms with Crippen molar-refractivity contribution in [2.45, 2.75) is 105 Å². The predicted octanol–water partition coefficient (Wildman–Crippen LogP) is 4.98. The third-order valence-corrected chi connectivity index (χ3v) is 6.53. The maximum absolute atomic E-state index is 14.2. The normalized spacial score (nSPS) is 12.9. The molecule has 2 atom stereocenters. The van der Waals surface area contributed by atoms with Gasteiger partial charge >= 0.3 is 12.1 Å². The maximum atomic E-state index is 14.2. The van der Waals surface area contributed by atoms with Gasteiger partial charge in [0.15, 0.2) is 0 Å². The van der Waals surface area contributed by atoms with Crippen molar-refractivity contribution in [2.24, 2.45) is 5.92 Å². The Bertz CT molecular complexity index is 970. The number of carbonyl (C=O) groups is 4. The predicted molar refractivity (Wildman–Crippen MR) is 152 cm³/mol. The van der Waals surface area contributed by atoms with Crippen molar-refractivity contribution in [1.29, 1.82) is 0 Å². The van der Waals surface area contributed by atoms with Crippen LogP contribution in [0.2, 0.25) is 0 Å². The number of aryl methyl sites for hydroxylation is 1. The van der Waals surface area contributed by atoms with Crippen LogP contribution < -0.4 is 10.6 Å². The molecule has 220 valence electrons. The van der Waals surface area contributed by atoms with E-state index < -0.39 is 35.7 Å². The van der Waals surface area contributed by atoms with Gasteiger partial charge < -0.3 is 25.0 Å². The van der Waals surface area contributed by atoms with E-state index in [2.05, 4.69) is 17.6 Å². The van der Waals surface area contributed by atoms with E-state index in [4.69, 9.17) is 9.47 Å². The van der Waals surface area contributed by atoms with Gasteiger partial charge in [0.25, 0.3) is 0 Å². The van der Waals surface area contributed by atoms with E-state index in [0.29, 0.717) is 18.5 Å². The van der Waals surface area contributed by atoms with E-state index in [0.717, 1.165) is 36.8 Å². The van der Waals surface area contributed by atoms with E-state index in [1.165, 1.54) is 7.11 Å². The SMILES string of the molecule is CCCCCCCN(C(=O)C(NC(=O)OC(C)(C)C)C(C)C)C(C(=O)NCC(=O)OC)c1cccc(C)c1C. The minimum Gasteiger partial charge on any atom is -0.468 e. The minimum absolute atomic E-state index is 0.273. The number of amides is 3. The highest BCUT2D eigenvalue weighted by molar-refractivity contribution is 5.93. The summed E-state index contributed by atoms with van der Waals surface area (Å²) in [5, 5.41) is 5.38. The van der Waals surface area contributed by atoms with Crippen LogP contribution in [-0.2, 0) is 23.9 Å². The van der Waals surface area contributed by atoms with E-state index in [1.54, 1.807) is 25.7 Å². The number of ether oxygens (including phenoxy) is 2. The number of nitrogens with zero attached hydrogens (tertiary/aromatic N) is 1. The molecule has 2 unspecified atom stereocenters. The van der Waals surface area contributed by atoms with Crippen molar-refractivity contribution in [1.82, 2.24) is 15.5 Å². The molecule has 0 radical (unpaired) electrons. The third-order valence-electron chi connectivity index (χ3n) is 6.53. The van der Waals surface area contributed by atoms with Crippen LogP contribution >= 0.6 is 0 Å². The van der Waals surface area contributed by atoms with E-state index in [9.17, 15) is 19.2 Å². The van der Waals surface area contributed by atoms with Crippen LogP contribution in [0.25, 0.3) is 0 Å². The maximum Gasteiger partial charge on any atom is 0.408 e. The number of alkyl carbamates (subject to hydrolysis) is 1. The van der Waals surface area contributed by atoms with Crippen molar-refractivity contribution in [3.63, 3.8) is 0 Å². The fourth-order valence-electron chi connectivity index (χ4n) is 4.23. The molecular weight excluding hydrogens is 498 g/mol. The first-order valence-electron chi connectivity index (χ1n) is 13.9. The standard InChI is InChI=1S/C30H49N3O6/c1-10-11-12-13-14-18-33(28(36)25(20(2)3)32-29(37)39-30(6,7)8)26(27(35)31-19-24(34)38-9)23-17-15-16-21(4)22(23)5/h15-17,20,25-26H,10-14,18-19H2,1-9H3,(H,31,35)(H,32,37). The molecule has 0 fully saturated rings. The quantitative estimate of drug-likeness (QED) is 0.251. The molecule has 1 rings (SSSR count). The van der Waals surface area contributed by atoms with Crippen LogP contribution in [0.1, 0.15) is 96.4 Å². The number of benzene rings is 1. The highest BCUT2D eigenvalue weighted by Crippen LogP contribution is 2.28. The molecule has 0 aliphatic rings. The first-order valence-corrected chi connectivity index (χ1v) is 13.9. The molecule has 1 aromatic carbocycles. The summed E-state index contributed by atoms with van der Waals surface area (Å²) in [6.07, 6.45) is 4.07. The summed E-state index contributed by atoms with van der Waals surface area (Å²) < 4.78 is 10.1. The second-order valence-electron chi connectivity index (χ2n) is 11.3. The molecule has 2 N–H and O–H groups in total. The number of carbonyl (C=O) groups excluding carboxylic acids is 4. The summed E-state index contributed by atoms with van der Waals surface area (Å²) in [6, 6.07) is 3.70. The lowest BCUT2D eigenvalue weighted by atomic mass is 9.93. The Morgan fingerprint density at radius 1 is 1.00 bits per heavy atom. The van der Waals surface area contributed by atoms with E-state index in [1.807, 2.05) is 45.9 Å². The lowest BCUT2D eigenvalue weighted by Gasteiger charge is -2.36. The molecule has 0 aromatic heterocycles. The molecule has 39 heavy (non-hydrogen) atoms. The van der Waals surface area contributed by atoms with Crippen LogP contribution in [0, 0.1) is 19.8 Å². The summed E-state index contributed by atoms with van der Waals surface area (Å²) in [7, 11) is 1.25. The molecule has 9 nitrogen and oxygen atoms in total. The second kappa shape index (κ2) is 16.1. The van der Waals surface area contributed by atoms with Gasteiger partial charge in [-0.2, -0.15) is 0 Å². The summed E-state index contributed by atoms with van der Waals surface area (Å²) in [4.78, 5) is 53.9. The Balaban J connectivity index is 3.53. The van der Waals surface area contributed by atoms with Gasteiger partial charge in [0.05, 0.1) is 7.11 Å². The van der Waals surface area contributed by atoms with Gasteiger partial charge in [0.2, 0.25) is 11.8 Å². The van der Waals surface area contributed by atoms with Crippen molar-refractivity contribution in [2.75, 3.05) is 20.2 Å². The number of hydrogen-bond donors (Lipinski definition) is 2. The van der Waals surface area contributed by atoms with Gasteiger partial charge in [-0.3, -0.25) is 14.4 Å². The van der Waals surface area contributed by atoms with Gasteiger partial charge in [-0.05, 0) is 63.6 Å². The van der Waals surface area contributed by atoms with Crippen molar-refractivity contribution in [3.05, 3.63) is 34.9 Å². The molecule has 0 bridgehead atoms. The molecule has 0 aliphatic heterocycles. The first-order chi connectivity index (χ1) is 18.2. The van der Waals surface area contributed by atoms with E-state index >= 15 is 0 Å². The van der Waals surface area contributed by atoms with Crippen LogP contribution in [0.15, 0.2) is 18.2 Å². The number of nitrogens with one attached hydrogen (secondary N) is 2. The molecule has 0 aliphatic carbocycles. The molecule has 1 aromatic rings. The molecule has 0 heterocycles. The Labute approximate surface area is 234 Å². The summed E-state index contributed by atoms with van der Waals surface area (Å²) in [6.45, 7) is 14.9. The molecule has 3 amide bonds. The average Bonchev–Trinajstić information content (AvgIpc) is 2.85. The van der Waals surface area contributed by atoms with Gasteiger partial charge in [-0.1, -0.05) is 64.7 Å². The molecule has 0 saturated carbocycles. The van der Waals surface area contributed by atoms with Gasteiger partial charge in [0.1, 0.15) is 24.2 Å². The number of methoxy groups -OCH3 is 1. The first kappa shape index (κ1) is 33.9. The van der Waals surface area contributed by atoms with Crippen molar-refractivity contribution < 1.29 is 28.7 Å². The topological polar surface area (TPSA) is 114 Å². The molecular formula is C30H49N3O6. The van der Waals surface area contributed by atoms with Gasteiger partial charge in [-0.15, -0.1) is 0 Å². The van der Waals surface area contributed by atoms with Gasteiger partial charge in [0, 0.05) is 6.54 Å². The monoisotopic (exact) mass is 547 g/mol. The smallest absolute Gasteiger partial charge is 0.408 e. The molecule has 0 spiro atoms. The minimum atomic E-state index is -1.00. The molecule has 9 heteroatoms. The number of rotatable bonds is 14. The fraction of sp³-hybridized carbons (Fsp3) is 0.667. The average molecular weight is 548 g/mol. The largest absolute Gasteiger partial charge is 0.468 e. The Morgan fingerprint density at radius 3 is 2.21 bits per heavy atom. The lowest BCUT2D eigenvalue weighted by Crippen LogP contribution is -2.55. The fourth-order valence-corrected chi connectivity index (χ4v) is 4.23. The zero-order valence-corrected chi connectivity index (χ0v) is 25.3. The van der Waals surface area contributed by atoms with Crippen molar-refractivity contribution >= 4 is 23.9 Å². The van der Waals surface area contributed by atoms with Crippen LogP contribution in [0.3, 0.4) is 0 Å². The second-order valence-corrected chi connectivity index (χ2v) is 11.3.